The van der Waals surface area contributed by atoms with E-state index < -0.39 is 5.92 Å². The van der Waals surface area contributed by atoms with Gasteiger partial charge in [0.2, 0.25) is 0 Å². The minimum absolute atomic E-state index is 0.0601. The normalized spacial score (nSPS) is 47.1. The number of Topliss-reactive ketones (excluding diaryl/α,β-unsaturated/α-hetero) is 1. The van der Waals surface area contributed by atoms with Crippen LogP contribution in [-0.4, -0.2) is 22.0 Å². The highest BCUT2D eigenvalue weighted by molar-refractivity contribution is 7.80. The summed E-state index contributed by atoms with van der Waals surface area (Å²) in [6.07, 6.45) is 9.03. The van der Waals surface area contributed by atoms with Crippen LogP contribution in [0.3, 0.4) is 0 Å². The van der Waals surface area contributed by atoms with E-state index in [1.165, 1.54) is 5.57 Å². The monoisotopic (exact) mass is 414 g/mol. The Morgan fingerprint density at radius 2 is 2.07 bits per heavy atom. The van der Waals surface area contributed by atoms with Gasteiger partial charge in [0.1, 0.15) is 5.78 Å². The number of rotatable bonds is 3. The van der Waals surface area contributed by atoms with Gasteiger partial charge in [0, 0.05) is 5.92 Å². The molecule has 9 atom stereocenters. The van der Waals surface area contributed by atoms with Crippen LogP contribution in [0, 0.1) is 57.7 Å². The molecule has 0 radical (unpaired) electrons. The summed E-state index contributed by atoms with van der Waals surface area (Å²) in [6.45, 7) is 6.39. The van der Waals surface area contributed by atoms with E-state index in [2.05, 4.69) is 26.0 Å². The number of fused-ring (bicyclic) bond motifs is 5. The third kappa shape index (κ3) is 3.01. The van der Waals surface area contributed by atoms with Gasteiger partial charge in [0.05, 0.1) is 23.1 Å². The van der Waals surface area contributed by atoms with E-state index in [4.69, 9.17) is 18.0 Å². The lowest BCUT2D eigenvalue weighted by atomic mass is 9.47. The fourth-order valence-corrected chi connectivity index (χ4v) is 8.43. The summed E-state index contributed by atoms with van der Waals surface area (Å²) in [6, 6.07) is 2.33. The van der Waals surface area contributed by atoms with Crippen molar-refractivity contribution in [3.05, 3.63) is 11.6 Å². The zero-order valence-electron chi connectivity index (χ0n) is 17.9. The molecule has 0 saturated heterocycles. The van der Waals surface area contributed by atoms with Gasteiger partial charge in [-0.1, -0.05) is 37.7 Å². The van der Waals surface area contributed by atoms with E-state index in [0.717, 1.165) is 44.9 Å². The number of hydrogen-bond acceptors (Lipinski definition) is 4. The first-order valence-electron chi connectivity index (χ1n) is 11.2. The molecule has 0 unspecified atom stereocenters. The second-order valence-electron chi connectivity index (χ2n) is 10.7. The van der Waals surface area contributed by atoms with Gasteiger partial charge in [0.15, 0.2) is 0 Å². The van der Waals surface area contributed by atoms with Gasteiger partial charge < -0.3 is 10.8 Å². The second kappa shape index (κ2) is 7.17. The first-order chi connectivity index (χ1) is 13.6. The number of aliphatic hydroxyl groups is 1. The maximum Gasteiger partial charge on any atom is 0.133 e. The van der Waals surface area contributed by atoms with Crippen molar-refractivity contribution < 1.29 is 9.90 Å². The average Bonchev–Trinajstić information content (AvgIpc) is 2.95. The smallest absolute Gasteiger partial charge is 0.133 e. The third-order valence-electron chi connectivity index (χ3n) is 9.49. The quantitative estimate of drug-likeness (QED) is 0.535. The standard InChI is InChI=1S/C24H34N2O2S/c1-13(27)21-17(18(12-25)22(26)29)11-20-16-5-4-14-10-15(28)6-8-23(14,2)19(16)7-9-24(20,21)3/h4,15-21,28H,5-11H2,1-3H3,(H2,26,29)/t15-,16+,17+,18+,19-,20-,21-,23-,24-/m0/s1. The fraction of sp³-hybridized carbons (Fsp3) is 0.792. The molecule has 0 bridgehead atoms. The van der Waals surface area contributed by atoms with Gasteiger partial charge in [-0.15, -0.1) is 0 Å². The number of aliphatic hydroxyl groups excluding tert-OH is 1. The van der Waals surface area contributed by atoms with Crippen LogP contribution < -0.4 is 5.73 Å². The lowest BCUT2D eigenvalue weighted by Gasteiger charge is -2.57. The van der Waals surface area contributed by atoms with Crippen LogP contribution in [0.2, 0.25) is 0 Å². The molecule has 158 valence electrons. The molecule has 4 aliphatic rings. The minimum atomic E-state index is -0.519. The molecule has 29 heavy (non-hydrogen) atoms. The fourth-order valence-electron chi connectivity index (χ4n) is 8.20. The number of ketones is 1. The molecule has 3 fully saturated rings. The predicted molar refractivity (Wildman–Crippen MR) is 117 cm³/mol. The van der Waals surface area contributed by atoms with E-state index in [-0.39, 0.29) is 39.5 Å². The molecule has 0 aromatic carbocycles. The van der Waals surface area contributed by atoms with Gasteiger partial charge in [-0.3, -0.25) is 4.79 Å². The van der Waals surface area contributed by atoms with E-state index in [1.54, 1.807) is 6.92 Å². The first-order valence-corrected chi connectivity index (χ1v) is 11.6. The summed E-state index contributed by atoms with van der Waals surface area (Å²) in [5.41, 5.74) is 7.49. The maximum atomic E-state index is 12.8. The predicted octanol–water partition coefficient (Wildman–Crippen LogP) is 4.17. The number of nitriles is 1. The number of nitrogens with two attached hydrogens (primary N) is 1. The molecule has 3 N–H and O–H groups in total. The average molecular weight is 415 g/mol. The van der Waals surface area contributed by atoms with Crippen molar-refractivity contribution in [3.63, 3.8) is 0 Å². The summed E-state index contributed by atoms with van der Waals surface area (Å²) in [4.78, 5) is 13.1. The van der Waals surface area contributed by atoms with Gasteiger partial charge in [0.25, 0.3) is 0 Å². The van der Waals surface area contributed by atoms with Gasteiger partial charge in [-0.2, -0.15) is 5.26 Å². The number of thiocarbonyl (C=S) groups is 1. The molecule has 0 spiro atoms. The van der Waals surface area contributed by atoms with Crippen LogP contribution in [0.4, 0.5) is 0 Å². The lowest BCUT2D eigenvalue weighted by Crippen LogP contribution is -2.51. The molecule has 0 amide bonds. The molecular formula is C24H34N2O2S. The van der Waals surface area contributed by atoms with Crippen molar-refractivity contribution in [1.82, 2.24) is 0 Å². The van der Waals surface area contributed by atoms with Crippen molar-refractivity contribution in [2.75, 3.05) is 0 Å². The van der Waals surface area contributed by atoms with E-state index >= 15 is 0 Å². The van der Waals surface area contributed by atoms with Crippen LogP contribution in [0.5, 0.6) is 0 Å². The van der Waals surface area contributed by atoms with E-state index in [0.29, 0.717) is 17.8 Å². The van der Waals surface area contributed by atoms with Crippen LogP contribution in [0.25, 0.3) is 0 Å². The van der Waals surface area contributed by atoms with Gasteiger partial charge in [-0.05, 0) is 86.4 Å². The topological polar surface area (TPSA) is 87.1 Å². The van der Waals surface area contributed by atoms with Crippen LogP contribution in [-0.2, 0) is 4.79 Å². The zero-order chi connectivity index (χ0) is 21.1. The van der Waals surface area contributed by atoms with Crippen molar-refractivity contribution in [3.8, 4) is 6.07 Å². The van der Waals surface area contributed by atoms with Crippen LogP contribution >= 0.6 is 12.2 Å². The van der Waals surface area contributed by atoms with Crippen LogP contribution in [0.1, 0.15) is 65.7 Å². The molecule has 5 heteroatoms. The Labute approximate surface area is 179 Å². The Morgan fingerprint density at radius 3 is 2.69 bits per heavy atom. The number of carbonyl (C=O) groups is 1. The summed E-state index contributed by atoms with van der Waals surface area (Å²) in [7, 11) is 0. The third-order valence-corrected chi connectivity index (χ3v) is 9.75. The molecular weight excluding hydrogens is 380 g/mol. The van der Waals surface area contributed by atoms with E-state index in [1.807, 2.05) is 0 Å². The number of allylic oxidation sites excluding steroid dienone is 1. The zero-order valence-corrected chi connectivity index (χ0v) is 18.7. The van der Waals surface area contributed by atoms with Gasteiger partial charge in [-0.25, -0.2) is 0 Å². The van der Waals surface area contributed by atoms with Crippen LogP contribution in [0.15, 0.2) is 11.6 Å². The first kappa shape index (κ1) is 21.0. The van der Waals surface area contributed by atoms with Crippen molar-refractivity contribution in [1.29, 1.82) is 5.26 Å². The Kier molecular flexibility index (Phi) is 5.19. The van der Waals surface area contributed by atoms with Crippen molar-refractivity contribution >= 4 is 23.0 Å². The molecule has 4 rings (SSSR count). The summed E-state index contributed by atoms with van der Waals surface area (Å²) < 4.78 is 0. The Balaban J connectivity index is 1.71. The highest BCUT2D eigenvalue weighted by Gasteiger charge is 2.63. The number of hydrogen-bond donors (Lipinski definition) is 2. The minimum Gasteiger partial charge on any atom is -0.393 e. The highest BCUT2D eigenvalue weighted by Crippen LogP contribution is 2.68. The summed E-state index contributed by atoms with van der Waals surface area (Å²) in [5.74, 6) is 1.04. The molecule has 4 nitrogen and oxygen atoms in total. The second-order valence-corrected chi connectivity index (χ2v) is 11.2. The highest BCUT2D eigenvalue weighted by atomic mass is 32.1. The molecule has 0 aromatic rings. The Hall–Kier alpha value is -1.25. The van der Waals surface area contributed by atoms with E-state index in [9.17, 15) is 15.2 Å². The molecule has 3 saturated carbocycles. The largest absolute Gasteiger partial charge is 0.393 e. The molecule has 0 aliphatic heterocycles. The SMILES string of the molecule is CC(=O)[C@H]1[C@@H]([C@@H](C#N)C(N)=S)C[C@H]2[C@@H]3CC=C4C[C@@H](O)CC[C@]4(C)[C@H]3CC[C@@]21C. The number of carbonyl (C=O) groups excluding carboxylic acids is 1. The number of nitrogens with zero attached hydrogens (tertiary/aromatic N) is 1. The van der Waals surface area contributed by atoms with Crippen molar-refractivity contribution in [2.45, 2.75) is 71.8 Å². The summed E-state index contributed by atoms with van der Waals surface area (Å²) in [5, 5.41) is 20.0. The molecule has 0 heterocycles. The van der Waals surface area contributed by atoms with Gasteiger partial charge >= 0.3 is 0 Å². The van der Waals surface area contributed by atoms with Crippen molar-refractivity contribution in [2.24, 2.45) is 52.1 Å². The molecule has 0 aromatic heterocycles. The molecule has 4 aliphatic carbocycles. The Bertz CT molecular complexity index is 801. The Morgan fingerprint density at radius 1 is 1.34 bits per heavy atom. The summed E-state index contributed by atoms with van der Waals surface area (Å²) >= 11 is 5.22. The maximum absolute atomic E-state index is 12.8. The lowest BCUT2D eigenvalue weighted by molar-refractivity contribution is -0.129.